The van der Waals surface area contributed by atoms with Gasteiger partial charge in [0.05, 0.1) is 11.4 Å². The Morgan fingerprint density at radius 3 is 2.53 bits per heavy atom. The van der Waals surface area contributed by atoms with Crippen molar-refractivity contribution in [3.8, 4) is 17.3 Å². The van der Waals surface area contributed by atoms with E-state index in [0.29, 0.717) is 28.7 Å². The first kappa shape index (κ1) is 21.2. The van der Waals surface area contributed by atoms with Gasteiger partial charge < -0.3 is 4.74 Å². The van der Waals surface area contributed by atoms with Gasteiger partial charge in [0.2, 0.25) is 5.88 Å². The molecule has 3 aromatic heterocycles. The highest BCUT2D eigenvalue weighted by Crippen LogP contribution is 2.24. The maximum absolute atomic E-state index is 12.7. The van der Waals surface area contributed by atoms with Crippen LogP contribution in [0.5, 0.6) is 5.88 Å². The summed E-state index contributed by atoms with van der Waals surface area (Å²) in [6.45, 7) is 4.06. The second-order valence-corrected chi connectivity index (χ2v) is 6.63. The van der Waals surface area contributed by atoms with Crippen LogP contribution < -0.4 is 4.74 Å². The number of pyridine rings is 1. The molecule has 0 fully saturated rings. The predicted octanol–water partition coefficient (Wildman–Crippen LogP) is 3.68. The van der Waals surface area contributed by atoms with Crippen LogP contribution in [0.4, 0.5) is 8.78 Å². The van der Waals surface area contributed by atoms with Gasteiger partial charge in [-0.1, -0.05) is 10.8 Å². The fourth-order valence-electron chi connectivity index (χ4n) is 2.68. The summed E-state index contributed by atoms with van der Waals surface area (Å²) >= 11 is 0. The Kier molecular flexibility index (Phi) is 6.55. The number of hydrogen-bond donors (Lipinski definition) is 0. The molecule has 0 aliphatic carbocycles. The molecule has 0 bridgehead atoms. The second kappa shape index (κ2) is 9.29. The zero-order valence-electron chi connectivity index (χ0n) is 17.0. The van der Waals surface area contributed by atoms with E-state index in [9.17, 15) is 8.78 Å². The molecule has 0 spiro atoms. The number of halogens is 2. The van der Waals surface area contributed by atoms with Gasteiger partial charge in [-0.3, -0.25) is 9.98 Å². The van der Waals surface area contributed by atoms with Crippen LogP contribution in [-0.2, 0) is 13.7 Å². The van der Waals surface area contributed by atoms with E-state index in [0.717, 1.165) is 17.3 Å². The molecule has 3 heterocycles. The Morgan fingerprint density at radius 2 is 1.97 bits per heavy atom. The molecular formula is C20H21F2N7O. The summed E-state index contributed by atoms with van der Waals surface area (Å²) in [5.41, 5.74) is 4.01. The predicted molar refractivity (Wildman–Crippen MR) is 108 cm³/mol. The molecule has 0 saturated carbocycles. The number of aromatic nitrogens is 6. The van der Waals surface area contributed by atoms with Gasteiger partial charge in [0.1, 0.15) is 18.0 Å². The Morgan fingerprint density at radius 1 is 1.17 bits per heavy atom. The van der Waals surface area contributed by atoms with Gasteiger partial charge in [-0.05, 0) is 32.0 Å². The minimum absolute atomic E-state index is 0.108. The van der Waals surface area contributed by atoms with Gasteiger partial charge in [-0.15, -0.1) is 15.3 Å². The Hall–Kier alpha value is -3.56. The summed E-state index contributed by atoms with van der Waals surface area (Å²) in [4.78, 5) is 8.11. The van der Waals surface area contributed by atoms with Gasteiger partial charge in [0.25, 0.3) is 6.43 Å². The highest BCUT2D eigenvalue weighted by atomic mass is 19.3. The lowest BCUT2D eigenvalue weighted by Gasteiger charge is -2.08. The second-order valence-electron chi connectivity index (χ2n) is 6.63. The van der Waals surface area contributed by atoms with E-state index in [1.807, 2.05) is 13.8 Å². The Balaban J connectivity index is 1.77. The van der Waals surface area contributed by atoms with Crippen molar-refractivity contribution in [2.45, 2.75) is 26.9 Å². The van der Waals surface area contributed by atoms with E-state index in [4.69, 9.17) is 4.74 Å². The molecule has 30 heavy (non-hydrogen) atoms. The van der Waals surface area contributed by atoms with Crippen LogP contribution in [0.1, 0.15) is 37.2 Å². The van der Waals surface area contributed by atoms with Crippen molar-refractivity contribution in [2.24, 2.45) is 12.0 Å². The van der Waals surface area contributed by atoms with Crippen LogP contribution in [-0.4, -0.2) is 43.4 Å². The van der Waals surface area contributed by atoms with Crippen LogP contribution in [0.3, 0.4) is 0 Å². The number of rotatable bonds is 7. The zero-order chi connectivity index (χ0) is 21.7. The fourth-order valence-corrected chi connectivity index (χ4v) is 2.68. The summed E-state index contributed by atoms with van der Waals surface area (Å²) < 4.78 is 32.8. The van der Waals surface area contributed by atoms with Crippen molar-refractivity contribution in [2.75, 3.05) is 7.05 Å². The molecular weight excluding hydrogens is 392 g/mol. The van der Waals surface area contributed by atoms with Crippen molar-refractivity contribution in [1.29, 1.82) is 0 Å². The van der Waals surface area contributed by atoms with Gasteiger partial charge >= 0.3 is 0 Å². The number of allylic oxidation sites excluding steroid dienone is 2. The molecule has 8 nitrogen and oxygen atoms in total. The first-order valence-corrected chi connectivity index (χ1v) is 9.10. The number of ether oxygens (including phenoxy) is 1. The molecule has 0 atom stereocenters. The Bertz CT molecular complexity index is 1050. The lowest BCUT2D eigenvalue weighted by molar-refractivity contribution is 0.151. The summed E-state index contributed by atoms with van der Waals surface area (Å²) in [6.07, 6.45) is 0.289. The van der Waals surface area contributed by atoms with Crippen LogP contribution in [0.15, 0.2) is 41.0 Å². The van der Waals surface area contributed by atoms with Crippen LogP contribution in [0.2, 0.25) is 0 Å². The molecule has 0 aromatic carbocycles. The monoisotopic (exact) mass is 413 g/mol. The minimum Gasteiger partial charge on any atom is -0.470 e. The quantitative estimate of drug-likeness (QED) is 0.549. The molecule has 0 aliphatic rings. The number of aliphatic imine (C=N–C) groups is 1. The lowest BCUT2D eigenvalue weighted by Crippen LogP contribution is -2.06. The van der Waals surface area contributed by atoms with Crippen molar-refractivity contribution < 1.29 is 13.5 Å². The van der Waals surface area contributed by atoms with E-state index < -0.39 is 6.43 Å². The average Bonchev–Trinajstić information content (AvgIpc) is 3.11. The first-order chi connectivity index (χ1) is 14.4. The molecule has 0 radical (unpaired) electrons. The molecule has 0 unspecified atom stereocenters. The third-order valence-electron chi connectivity index (χ3n) is 4.29. The molecule has 156 valence electrons. The lowest BCUT2D eigenvalue weighted by atomic mass is 10.1. The average molecular weight is 413 g/mol. The van der Waals surface area contributed by atoms with Gasteiger partial charge in [-0.2, -0.15) is 0 Å². The zero-order valence-corrected chi connectivity index (χ0v) is 17.0. The summed E-state index contributed by atoms with van der Waals surface area (Å²) in [7, 11) is 3.41. The van der Waals surface area contributed by atoms with E-state index in [1.54, 1.807) is 37.1 Å². The fraction of sp³-hybridized carbons (Fsp3) is 0.300. The number of hydrogen-bond acceptors (Lipinski definition) is 7. The van der Waals surface area contributed by atoms with E-state index in [2.05, 4.69) is 30.5 Å². The van der Waals surface area contributed by atoms with Crippen molar-refractivity contribution in [3.05, 3.63) is 53.0 Å². The molecule has 10 heteroatoms. The topological polar surface area (TPSA) is 91.0 Å². The smallest absolute Gasteiger partial charge is 0.265 e. The maximum Gasteiger partial charge on any atom is 0.265 e. The highest BCUT2D eigenvalue weighted by molar-refractivity contribution is 6.09. The molecule has 3 rings (SSSR count). The normalized spacial score (nSPS) is 11.3. The molecule has 0 saturated heterocycles. The van der Waals surface area contributed by atoms with E-state index >= 15 is 0 Å². The molecule has 3 aromatic rings. The third kappa shape index (κ3) is 4.70. The molecule has 0 aliphatic heterocycles. The minimum atomic E-state index is -2.58. The van der Waals surface area contributed by atoms with E-state index in [1.165, 1.54) is 12.1 Å². The first-order valence-electron chi connectivity index (χ1n) is 9.10. The van der Waals surface area contributed by atoms with Crippen LogP contribution in [0, 0.1) is 0 Å². The summed E-state index contributed by atoms with van der Waals surface area (Å²) in [5, 5.41) is 16.4. The highest BCUT2D eigenvalue weighted by Gasteiger charge is 2.16. The number of aryl methyl sites for hydroxylation is 1. The maximum atomic E-state index is 12.7. The third-order valence-corrected chi connectivity index (χ3v) is 4.29. The standard InChI is InChI=1S/C20H21F2N7O/c1-12(2)14(10-23-3)15-7-8-18(26-25-15)30-11-17-19(27-28-29(17)4)16-6-5-13(9-24-16)20(21)22/h5-10,20H,11H2,1-4H3/b23-10-. The number of nitrogens with zero attached hydrogens (tertiary/aromatic N) is 7. The molecule has 0 amide bonds. The van der Waals surface area contributed by atoms with Gasteiger partial charge in [0, 0.05) is 43.7 Å². The molecule has 0 N–H and O–H groups in total. The largest absolute Gasteiger partial charge is 0.470 e. The van der Waals surface area contributed by atoms with Crippen LogP contribution >= 0.6 is 0 Å². The van der Waals surface area contributed by atoms with Gasteiger partial charge in [-0.25, -0.2) is 13.5 Å². The Labute approximate surface area is 172 Å². The van der Waals surface area contributed by atoms with Crippen molar-refractivity contribution in [1.82, 2.24) is 30.2 Å². The van der Waals surface area contributed by atoms with Crippen molar-refractivity contribution >= 4 is 11.8 Å². The number of alkyl halides is 2. The van der Waals surface area contributed by atoms with Crippen molar-refractivity contribution in [3.63, 3.8) is 0 Å². The SMILES string of the molecule is C/N=C\C(=C(C)C)c1ccc(OCc2c(-c3ccc(C(F)F)cn3)nnn2C)nn1. The van der Waals surface area contributed by atoms with Crippen LogP contribution in [0.25, 0.3) is 17.0 Å². The van der Waals surface area contributed by atoms with Gasteiger partial charge in [0.15, 0.2) is 0 Å². The summed E-state index contributed by atoms with van der Waals surface area (Å²) in [6, 6.07) is 6.32. The summed E-state index contributed by atoms with van der Waals surface area (Å²) in [5.74, 6) is 0.327. The van der Waals surface area contributed by atoms with E-state index in [-0.39, 0.29) is 12.2 Å².